The van der Waals surface area contributed by atoms with Crippen molar-refractivity contribution in [3.05, 3.63) is 24.2 Å². The second-order valence-corrected chi connectivity index (χ2v) is 12.9. The normalized spacial score (nSPS) is 55.6. The highest BCUT2D eigenvalue weighted by Gasteiger charge is 2.99. The van der Waals surface area contributed by atoms with Gasteiger partial charge in [0, 0.05) is 33.6 Å². The lowest BCUT2D eigenvalue weighted by Gasteiger charge is -2.54. The van der Waals surface area contributed by atoms with Gasteiger partial charge in [-0.25, -0.2) is 4.79 Å². The molecule has 1 aromatic heterocycles. The van der Waals surface area contributed by atoms with E-state index < -0.39 is 86.8 Å². The summed E-state index contributed by atoms with van der Waals surface area (Å²) in [7, 11) is 1.17. The summed E-state index contributed by atoms with van der Waals surface area (Å²) in [5.74, 6) is -4.48. The number of fused-ring (bicyclic) bond motifs is 2. The fourth-order valence-corrected chi connectivity index (χ4v) is 10.6. The number of methoxy groups -OCH3 is 1. The van der Waals surface area contributed by atoms with E-state index in [1.807, 2.05) is 6.92 Å². The second kappa shape index (κ2) is 6.47. The van der Waals surface area contributed by atoms with Crippen LogP contribution in [0.5, 0.6) is 0 Å². The maximum absolute atomic E-state index is 14.0. The molecule has 6 aliphatic rings. The largest absolute Gasteiger partial charge is 0.472 e. The quantitative estimate of drug-likeness (QED) is 0.392. The van der Waals surface area contributed by atoms with E-state index in [9.17, 15) is 29.7 Å². The van der Waals surface area contributed by atoms with E-state index in [2.05, 4.69) is 0 Å². The average Bonchev–Trinajstić information content (AvgIpc) is 3.11. The average molecular weight is 517 g/mol. The van der Waals surface area contributed by atoms with Gasteiger partial charge in [-0.1, -0.05) is 20.8 Å². The van der Waals surface area contributed by atoms with Crippen LogP contribution in [0.3, 0.4) is 0 Å². The Morgan fingerprint density at radius 1 is 1.24 bits per heavy atom. The number of esters is 2. The van der Waals surface area contributed by atoms with E-state index in [-0.39, 0.29) is 12.8 Å². The first-order chi connectivity index (χ1) is 17.3. The highest BCUT2D eigenvalue weighted by Crippen LogP contribution is 2.88. The van der Waals surface area contributed by atoms with Crippen molar-refractivity contribution in [1.82, 2.24) is 0 Å². The van der Waals surface area contributed by atoms with Crippen LogP contribution in [0.15, 0.2) is 23.0 Å². The number of aliphatic hydroxyl groups is 3. The maximum atomic E-state index is 14.0. The molecule has 0 radical (unpaired) electrons. The molecule has 2 saturated heterocycles. The van der Waals surface area contributed by atoms with E-state index in [1.54, 1.807) is 19.9 Å². The highest BCUT2D eigenvalue weighted by atomic mass is 16.7. The molecule has 6 fully saturated rings. The van der Waals surface area contributed by atoms with Gasteiger partial charge in [0.1, 0.15) is 23.4 Å². The molecule has 4 aliphatic carbocycles. The molecule has 2 bridgehead atoms. The molecule has 1 aromatic rings. The predicted molar refractivity (Wildman–Crippen MR) is 121 cm³/mol. The minimum Gasteiger partial charge on any atom is -0.472 e. The number of ether oxygens (including phenoxy) is 3. The van der Waals surface area contributed by atoms with Gasteiger partial charge in [0.15, 0.2) is 11.9 Å². The molecule has 10 nitrogen and oxygen atoms in total. The van der Waals surface area contributed by atoms with Gasteiger partial charge >= 0.3 is 11.9 Å². The lowest BCUT2D eigenvalue weighted by molar-refractivity contribution is -0.185. The lowest BCUT2D eigenvalue weighted by Crippen LogP contribution is -2.64. The molecule has 0 aromatic carbocycles. The fourth-order valence-electron chi connectivity index (χ4n) is 10.6. The summed E-state index contributed by atoms with van der Waals surface area (Å²) in [4.78, 5) is 39.8. The van der Waals surface area contributed by atoms with E-state index >= 15 is 0 Å². The number of rotatable bonds is 3. The Hall–Kier alpha value is -2.27. The number of Topliss-reactive ketones (excluding diaryl/α,β-unsaturated/α-hetero) is 1. The molecule has 12 atom stereocenters. The Balaban J connectivity index is 1.45. The first-order valence-electron chi connectivity index (χ1n) is 12.9. The number of furan rings is 1. The van der Waals surface area contributed by atoms with E-state index in [4.69, 9.17) is 18.6 Å². The summed E-state index contributed by atoms with van der Waals surface area (Å²) in [6.07, 6.45) is 0.133. The van der Waals surface area contributed by atoms with Crippen molar-refractivity contribution < 1.29 is 48.3 Å². The Morgan fingerprint density at radius 3 is 2.62 bits per heavy atom. The zero-order valence-corrected chi connectivity index (χ0v) is 21.2. The van der Waals surface area contributed by atoms with Crippen LogP contribution in [0.4, 0.5) is 0 Å². The van der Waals surface area contributed by atoms with Crippen molar-refractivity contribution in [2.45, 2.75) is 81.6 Å². The summed E-state index contributed by atoms with van der Waals surface area (Å²) < 4.78 is 22.7. The van der Waals surface area contributed by atoms with E-state index in [0.717, 1.165) is 0 Å². The minimum atomic E-state index is -1.66. The standard InChI is InChI=1S/C27H32O10/c1-22-11-25(33)18(15(29)19(22)31)27-13(24(25,3)17(22)16(30)21(32)34-4)5-7-23(2)20(12-6-8-35-10-12)36-14(28)9-26(23,27)37-27/h6,8,10,13,16-20,30-31,33H,5,7,9,11H2,1-4H3/t13-,16+,17+,18+,19-,20+,22-,23+,24-,25-,26+,27+/m1/s1. The van der Waals surface area contributed by atoms with Crippen molar-refractivity contribution in [1.29, 1.82) is 0 Å². The van der Waals surface area contributed by atoms with Crippen LogP contribution in [0.25, 0.3) is 0 Å². The van der Waals surface area contributed by atoms with Gasteiger partial charge in [0.05, 0.1) is 37.6 Å². The molecule has 0 unspecified atom stereocenters. The van der Waals surface area contributed by atoms with Gasteiger partial charge in [0.2, 0.25) is 0 Å². The van der Waals surface area contributed by atoms with E-state index in [1.165, 1.54) is 19.6 Å². The molecule has 7 rings (SSSR count). The summed E-state index contributed by atoms with van der Waals surface area (Å²) in [6, 6.07) is 1.74. The zero-order valence-electron chi connectivity index (χ0n) is 21.2. The van der Waals surface area contributed by atoms with Gasteiger partial charge in [-0.2, -0.15) is 0 Å². The fraction of sp³-hybridized carbons (Fsp3) is 0.741. The van der Waals surface area contributed by atoms with Crippen molar-refractivity contribution >= 4 is 17.7 Å². The summed E-state index contributed by atoms with van der Waals surface area (Å²) in [5, 5.41) is 35.2. The summed E-state index contributed by atoms with van der Waals surface area (Å²) >= 11 is 0. The topological polar surface area (TPSA) is 156 Å². The molecular formula is C27H32O10. The Morgan fingerprint density at radius 2 is 1.97 bits per heavy atom. The minimum absolute atomic E-state index is 0.0107. The van der Waals surface area contributed by atoms with Gasteiger partial charge in [0.25, 0.3) is 0 Å². The van der Waals surface area contributed by atoms with Crippen LogP contribution in [0.1, 0.15) is 58.1 Å². The van der Waals surface area contributed by atoms with Crippen molar-refractivity contribution in [2.24, 2.45) is 34.0 Å². The second-order valence-electron chi connectivity index (χ2n) is 12.9. The van der Waals surface area contributed by atoms with Gasteiger partial charge in [-0.15, -0.1) is 0 Å². The zero-order chi connectivity index (χ0) is 26.6. The molecule has 200 valence electrons. The number of epoxide rings is 1. The third kappa shape index (κ3) is 2.11. The monoisotopic (exact) mass is 516 g/mol. The van der Waals surface area contributed by atoms with E-state index in [0.29, 0.717) is 18.4 Å². The number of cyclic esters (lactones) is 1. The molecule has 2 aliphatic heterocycles. The number of carbonyl (C=O) groups is 3. The van der Waals surface area contributed by atoms with Crippen LogP contribution in [-0.4, -0.2) is 69.2 Å². The molecule has 10 heteroatoms. The highest BCUT2D eigenvalue weighted by molar-refractivity contribution is 5.93. The maximum Gasteiger partial charge on any atom is 0.335 e. The van der Waals surface area contributed by atoms with Crippen LogP contribution in [-0.2, 0) is 28.6 Å². The molecule has 37 heavy (non-hydrogen) atoms. The first kappa shape index (κ1) is 23.8. The number of aliphatic hydroxyl groups excluding tert-OH is 2. The van der Waals surface area contributed by atoms with Gasteiger partial charge < -0.3 is 33.9 Å². The molecular weight excluding hydrogens is 484 g/mol. The third-order valence-corrected chi connectivity index (χ3v) is 11.9. The lowest BCUT2D eigenvalue weighted by atomic mass is 9.48. The summed E-state index contributed by atoms with van der Waals surface area (Å²) in [5.41, 5.74) is -6.52. The predicted octanol–water partition coefficient (Wildman–Crippen LogP) is 1.06. The smallest absolute Gasteiger partial charge is 0.335 e. The Bertz CT molecular complexity index is 1240. The number of carbonyl (C=O) groups excluding carboxylic acids is 3. The molecule has 0 amide bonds. The summed E-state index contributed by atoms with van der Waals surface area (Å²) in [6.45, 7) is 5.44. The first-order valence-corrected chi connectivity index (χ1v) is 12.9. The van der Waals surface area contributed by atoms with Crippen molar-refractivity contribution in [2.75, 3.05) is 7.11 Å². The Kier molecular flexibility index (Phi) is 4.17. The van der Waals surface area contributed by atoms with Crippen LogP contribution < -0.4 is 0 Å². The number of hydrogen-bond donors (Lipinski definition) is 3. The molecule has 2 spiro atoms. The van der Waals surface area contributed by atoms with Crippen LogP contribution >= 0.6 is 0 Å². The molecule has 3 N–H and O–H groups in total. The van der Waals surface area contributed by atoms with Crippen molar-refractivity contribution in [3.63, 3.8) is 0 Å². The number of hydrogen-bond acceptors (Lipinski definition) is 10. The molecule has 4 saturated carbocycles. The van der Waals surface area contributed by atoms with Crippen LogP contribution in [0, 0.1) is 34.0 Å². The van der Waals surface area contributed by atoms with Gasteiger partial charge in [-0.05, 0) is 25.3 Å². The SMILES string of the molecule is COC(=O)[C@@H](O)[C@H]1[C@@]2(C)C[C@@]3(O)[C@H](C(=O)[C@H]2O)[C@]24O[C@]25CC(=O)O[C@@H](c2ccoc2)[C@]5(C)CC[C@@H]4[C@]13C. The third-order valence-electron chi connectivity index (χ3n) is 11.9. The van der Waals surface area contributed by atoms with Crippen LogP contribution in [0.2, 0.25) is 0 Å². The van der Waals surface area contributed by atoms with Gasteiger partial charge in [-0.3, -0.25) is 9.59 Å². The Labute approximate surface area is 213 Å². The van der Waals surface area contributed by atoms with Crippen molar-refractivity contribution in [3.8, 4) is 0 Å². The number of ketones is 1. The molecule has 3 heterocycles.